The van der Waals surface area contributed by atoms with E-state index in [9.17, 15) is 0 Å². The summed E-state index contributed by atoms with van der Waals surface area (Å²) in [5, 5.41) is 0. The van der Waals surface area contributed by atoms with Gasteiger partial charge in [-0.05, 0) is 0 Å². The van der Waals surface area contributed by atoms with Gasteiger partial charge >= 0.3 is 0 Å². The maximum atomic E-state index is 2.21. The van der Waals surface area contributed by atoms with Crippen LogP contribution >= 0.6 is 0 Å². The van der Waals surface area contributed by atoms with Crippen LogP contribution in [0.15, 0.2) is 0 Å². The van der Waals surface area contributed by atoms with Crippen molar-refractivity contribution >= 4 is 0 Å². The Bertz CT molecular complexity index is 7.51. The summed E-state index contributed by atoms with van der Waals surface area (Å²) < 4.78 is 0. The first-order valence-electron chi connectivity index (χ1n) is 6.41. The van der Waals surface area contributed by atoms with E-state index in [1.165, 1.54) is 19.3 Å². The molecule has 88 valence electrons. The summed E-state index contributed by atoms with van der Waals surface area (Å²) in [6.45, 7) is 20.4. The number of hydrogen-bond acceptors (Lipinski definition) is 0. The molecule has 0 atom stereocenters. The van der Waals surface area contributed by atoms with E-state index in [1.807, 2.05) is 55.4 Å². The predicted molar refractivity (Wildman–Crippen MR) is 70.6 cm³/mol. The van der Waals surface area contributed by atoms with Gasteiger partial charge in [-0.25, -0.2) is 0 Å². The van der Waals surface area contributed by atoms with E-state index >= 15 is 0 Å². The number of hydrogen-bond donors (Lipinski definition) is 0. The Balaban J connectivity index is -0.0000000230. The van der Waals surface area contributed by atoms with Crippen LogP contribution in [0.2, 0.25) is 0 Å². The fourth-order valence-corrected chi connectivity index (χ4v) is 0.354. The minimum absolute atomic E-state index is 1.34. The lowest BCUT2D eigenvalue weighted by Crippen LogP contribution is -1.59. The maximum Gasteiger partial charge on any atom is -0.0538 e. The van der Waals surface area contributed by atoms with E-state index in [4.69, 9.17) is 0 Å². The van der Waals surface area contributed by atoms with Crippen molar-refractivity contribution in [3.63, 3.8) is 0 Å². The highest BCUT2D eigenvalue weighted by molar-refractivity contribution is 4.24. The Morgan fingerprint density at radius 3 is 0.615 bits per heavy atom. The lowest BCUT2D eigenvalue weighted by atomic mass is 10.3. The van der Waals surface area contributed by atoms with Crippen molar-refractivity contribution in [3.8, 4) is 0 Å². The van der Waals surface area contributed by atoms with Gasteiger partial charge in [0.15, 0.2) is 0 Å². The second kappa shape index (κ2) is 161. The van der Waals surface area contributed by atoms with Crippen LogP contribution in [0.5, 0.6) is 0 Å². The molecule has 0 rings (SSSR count). The predicted octanol–water partition coefficient (Wildman–Crippen LogP) is 6.30. The molecule has 0 fully saturated rings. The summed E-state index contributed by atoms with van der Waals surface area (Å²) in [7, 11) is 0. The summed E-state index contributed by atoms with van der Waals surface area (Å²) in [5.74, 6) is 0. The molecule has 0 N–H and O–H groups in total. The van der Waals surface area contributed by atoms with Crippen LogP contribution in [0.3, 0.4) is 0 Å². The molecule has 0 heteroatoms. The molecule has 0 heterocycles. The van der Waals surface area contributed by atoms with E-state index in [-0.39, 0.29) is 0 Å². The summed E-state index contributed by atoms with van der Waals surface area (Å²) >= 11 is 0. The molecule has 0 aromatic heterocycles. The molecule has 0 amide bonds. The Labute approximate surface area is 89.1 Å². The highest BCUT2D eigenvalue weighted by Gasteiger charge is 1.68. The minimum Gasteiger partial charge on any atom is -0.0683 e. The first kappa shape index (κ1) is 29.2. The Morgan fingerprint density at radius 2 is 0.615 bits per heavy atom. The largest absolute Gasteiger partial charge is 0.0683 e. The highest BCUT2D eigenvalue weighted by atomic mass is 13.7. The third kappa shape index (κ3) is 300. The molecule has 0 spiro atoms. The molecule has 0 radical (unpaired) electrons. The Hall–Kier alpha value is 0. The van der Waals surface area contributed by atoms with Crippen LogP contribution in [-0.4, -0.2) is 0 Å². The van der Waals surface area contributed by atoms with E-state index in [2.05, 4.69) is 13.8 Å². The van der Waals surface area contributed by atoms with Crippen LogP contribution in [0.4, 0.5) is 0 Å². The van der Waals surface area contributed by atoms with Crippen molar-refractivity contribution in [2.45, 2.75) is 88.5 Å². The average Bonchev–Trinajstić information content (AvgIpc) is 2.30. The topological polar surface area (TPSA) is 0 Å². The molecule has 0 bridgehead atoms. The fraction of sp³-hybridized carbons (Fsp3) is 1.00. The monoisotopic (exact) mass is 192 g/mol. The zero-order valence-corrected chi connectivity index (χ0v) is 12.1. The van der Waals surface area contributed by atoms with Gasteiger partial charge in [-0.1, -0.05) is 88.5 Å². The highest BCUT2D eigenvalue weighted by Crippen LogP contribution is 1.88. The normalized spacial score (nSPS) is 5.08. The van der Waals surface area contributed by atoms with Gasteiger partial charge in [-0.2, -0.15) is 0 Å². The van der Waals surface area contributed by atoms with Crippen molar-refractivity contribution in [2.75, 3.05) is 0 Å². The van der Waals surface area contributed by atoms with Crippen LogP contribution in [0.1, 0.15) is 88.5 Å². The number of rotatable bonds is 2. The first-order chi connectivity index (χ1) is 6.41. The van der Waals surface area contributed by atoms with Crippen LogP contribution in [0, 0.1) is 0 Å². The Kier molecular flexibility index (Phi) is 363. The summed E-state index contributed by atoms with van der Waals surface area (Å²) in [4.78, 5) is 0. The second-order valence-electron chi connectivity index (χ2n) is 1.35. The van der Waals surface area contributed by atoms with Gasteiger partial charge in [0.2, 0.25) is 0 Å². The second-order valence-corrected chi connectivity index (χ2v) is 1.35. The van der Waals surface area contributed by atoms with E-state index in [0.29, 0.717) is 0 Å². The van der Waals surface area contributed by atoms with Gasteiger partial charge in [0.05, 0.1) is 0 Å². The van der Waals surface area contributed by atoms with Crippen LogP contribution in [-0.2, 0) is 0 Å². The molecule has 0 aliphatic heterocycles. The molecule has 0 aromatic rings. The van der Waals surface area contributed by atoms with E-state index in [1.54, 1.807) is 0 Å². The van der Waals surface area contributed by atoms with Gasteiger partial charge < -0.3 is 0 Å². The molecular formula is C13H36. The summed E-state index contributed by atoms with van der Waals surface area (Å²) in [6.07, 6.45) is 4.08. The SMILES string of the molecule is CC.CC.CC.CC.CCCCC. The zero-order valence-electron chi connectivity index (χ0n) is 12.1. The molecule has 0 aliphatic carbocycles. The van der Waals surface area contributed by atoms with Crippen LogP contribution in [0.25, 0.3) is 0 Å². The van der Waals surface area contributed by atoms with Gasteiger partial charge in [-0.15, -0.1) is 0 Å². The van der Waals surface area contributed by atoms with Crippen molar-refractivity contribution in [2.24, 2.45) is 0 Å². The molecule has 0 saturated carbocycles. The fourth-order valence-electron chi connectivity index (χ4n) is 0.354. The molecule has 0 nitrogen and oxygen atoms in total. The standard InChI is InChI=1S/C5H12.4C2H6/c1-3-5-4-2;4*1-2/h3-5H2,1-2H3;4*1-2H3. The first-order valence-corrected chi connectivity index (χ1v) is 6.41. The smallest absolute Gasteiger partial charge is 0.0538 e. The molecular weight excluding hydrogens is 156 g/mol. The van der Waals surface area contributed by atoms with Gasteiger partial charge in [-0.3, -0.25) is 0 Å². The van der Waals surface area contributed by atoms with Crippen molar-refractivity contribution < 1.29 is 0 Å². The quantitative estimate of drug-likeness (QED) is 0.481. The van der Waals surface area contributed by atoms with Gasteiger partial charge in [0.25, 0.3) is 0 Å². The lowest BCUT2D eigenvalue weighted by molar-refractivity contribution is 0.772. The van der Waals surface area contributed by atoms with Gasteiger partial charge in [0, 0.05) is 0 Å². The average molecular weight is 192 g/mol. The third-order valence-electron chi connectivity index (χ3n) is 0.707. The van der Waals surface area contributed by atoms with Crippen molar-refractivity contribution in [1.82, 2.24) is 0 Å². The van der Waals surface area contributed by atoms with E-state index < -0.39 is 0 Å². The molecule has 0 aromatic carbocycles. The minimum atomic E-state index is 1.34. The molecule has 0 aliphatic rings. The summed E-state index contributed by atoms with van der Waals surface area (Å²) in [5.41, 5.74) is 0. The molecule has 13 heavy (non-hydrogen) atoms. The molecule has 0 saturated heterocycles. The molecule has 0 unspecified atom stereocenters. The van der Waals surface area contributed by atoms with Crippen LogP contribution < -0.4 is 0 Å². The van der Waals surface area contributed by atoms with E-state index in [0.717, 1.165) is 0 Å². The summed E-state index contributed by atoms with van der Waals surface area (Å²) in [6, 6.07) is 0. The maximum absolute atomic E-state index is 2.21. The van der Waals surface area contributed by atoms with Crippen molar-refractivity contribution in [1.29, 1.82) is 0 Å². The number of unbranched alkanes of at least 4 members (excludes halogenated alkanes) is 2. The third-order valence-corrected chi connectivity index (χ3v) is 0.707. The lowest BCUT2D eigenvalue weighted by Gasteiger charge is -1.79. The van der Waals surface area contributed by atoms with Gasteiger partial charge in [0.1, 0.15) is 0 Å². The Morgan fingerprint density at radius 1 is 0.462 bits per heavy atom. The van der Waals surface area contributed by atoms with Crippen molar-refractivity contribution in [3.05, 3.63) is 0 Å². The zero-order chi connectivity index (χ0) is 12.1.